The Labute approximate surface area is 146 Å². The van der Waals surface area contributed by atoms with Crippen molar-refractivity contribution < 1.29 is 4.74 Å². The van der Waals surface area contributed by atoms with E-state index in [1.165, 1.54) is 12.8 Å². The van der Waals surface area contributed by atoms with Gasteiger partial charge in [0.1, 0.15) is 12.1 Å². The fourth-order valence-electron chi connectivity index (χ4n) is 3.43. The average Bonchev–Trinajstić information content (AvgIpc) is 3.36. The van der Waals surface area contributed by atoms with E-state index in [0.717, 1.165) is 42.6 Å². The van der Waals surface area contributed by atoms with Crippen LogP contribution >= 0.6 is 11.3 Å². The van der Waals surface area contributed by atoms with Crippen molar-refractivity contribution in [3.05, 3.63) is 23.5 Å². The van der Waals surface area contributed by atoms with Gasteiger partial charge in [-0.3, -0.25) is 0 Å². The monoisotopic (exact) mass is 345 g/mol. The number of piperidine rings is 1. The Morgan fingerprint density at radius 1 is 1.17 bits per heavy atom. The third-order valence-electron chi connectivity index (χ3n) is 4.78. The molecule has 0 unspecified atom stereocenters. The minimum atomic E-state index is 0.536. The number of rotatable bonds is 5. The highest BCUT2D eigenvalue weighted by atomic mass is 32.1. The second-order valence-electron chi connectivity index (χ2n) is 6.55. The van der Waals surface area contributed by atoms with E-state index in [0.29, 0.717) is 18.0 Å². The molecule has 3 heterocycles. The standard InChI is InChI=1S/C17H23N5OS/c1-12-10-24-17(20-12)21-7-5-14(6-8-21)22(13-3-4-13)15-9-16(23-2)19-11-18-15/h9-11,13-14H,3-8H2,1-2H3. The average molecular weight is 345 g/mol. The third-order valence-corrected chi connectivity index (χ3v) is 5.80. The smallest absolute Gasteiger partial charge is 0.218 e. The molecule has 6 nitrogen and oxygen atoms in total. The van der Waals surface area contributed by atoms with Gasteiger partial charge >= 0.3 is 0 Å². The molecule has 2 fully saturated rings. The van der Waals surface area contributed by atoms with Crippen LogP contribution in [0.2, 0.25) is 0 Å². The summed E-state index contributed by atoms with van der Waals surface area (Å²) in [5, 5.41) is 3.29. The Hall–Kier alpha value is -1.89. The molecule has 0 atom stereocenters. The van der Waals surface area contributed by atoms with E-state index in [1.807, 2.05) is 6.07 Å². The van der Waals surface area contributed by atoms with E-state index in [2.05, 4.69) is 37.1 Å². The lowest BCUT2D eigenvalue weighted by Gasteiger charge is -2.39. The molecule has 1 saturated heterocycles. The number of ether oxygens (including phenoxy) is 1. The van der Waals surface area contributed by atoms with E-state index in [4.69, 9.17) is 4.74 Å². The maximum atomic E-state index is 5.28. The summed E-state index contributed by atoms with van der Waals surface area (Å²) >= 11 is 1.75. The quantitative estimate of drug-likeness (QED) is 0.830. The van der Waals surface area contributed by atoms with Gasteiger partial charge in [-0.1, -0.05) is 0 Å². The molecular formula is C17H23N5OS. The molecule has 0 bridgehead atoms. The lowest BCUT2D eigenvalue weighted by molar-refractivity contribution is 0.395. The predicted octanol–water partition coefficient (Wildman–Crippen LogP) is 2.89. The van der Waals surface area contributed by atoms with Crippen LogP contribution in [0.4, 0.5) is 10.9 Å². The number of nitrogens with zero attached hydrogens (tertiary/aromatic N) is 5. The van der Waals surface area contributed by atoms with Gasteiger partial charge in [0.25, 0.3) is 0 Å². The van der Waals surface area contributed by atoms with Gasteiger partial charge in [0, 0.05) is 36.6 Å². The van der Waals surface area contributed by atoms with Gasteiger partial charge in [0.05, 0.1) is 12.8 Å². The Balaban J connectivity index is 1.47. The molecule has 1 aliphatic heterocycles. The van der Waals surface area contributed by atoms with Crippen LogP contribution in [0.5, 0.6) is 5.88 Å². The summed E-state index contributed by atoms with van der Waals surface area (Å²) < 4.78 is 5.28. The van der Waals surface area contributed by atoms with Crippen molar-refractivity contribution in [3.63, 3.8) is 0 Å². The predicted molar refractivity (Wildman–Crippen MR) is 96.2 cm³/mol. The maximum Gasteiger partial charge on any atom is 0.218 e. The number of hydrogen-bond donors (Lipinski definition) is 0. The van der Waals surface area contributed by atoms with Crippen LogP contribution in [0.25, 0.3) is 0 Å². The van der Waals surface area contributed by atoms with Crippen molar-refractivity contribution in [3.8, 4) is 5.88 Å². The topological polar surface area (TPSA) is 54.4 Å². The van der Waals surface area contributed by atoms with Gasteiger partial charge in [-0.15, -0.1) is 11.3 Å². The van der Waals surface area contributed by atoms with Crippen LogP contribution in [0, 0.1) is 6.92 Å². The van der Waals surface area contributed by atoms with Gasteiger partial charge < -0.3 is 14.5 Å². The minimum absolute atomic E-state index is 0.536. The Morgan fingerprint density at radius 2 is 1.92 bits per heavy atom. The number of anilines is 2. The maximum absolute atomic E-state index is 5.28. The fourth-order valence-corrected chi connectivity index (χ4v) is 4.29. The summed E-state index contributed by atoms with van der Waals surface area (Å²) in [4.78, 5) is 18.2. The summed E-state index contributed by atoms with van der Waals surface area (Å²) in [5.41, 5.74) is 1.12. The number of methoxy groups -OCH3 is 1. The second-order valence-corrected chi connectivity index (χ2v) is 7.38. The van der Waals surface area contributed by atoms with Crippen LogP contribution in [0.15, 0.2) is 17.8 Å². The van der Waals surface area contributed by atoms with Gasteiger partial charge in [-0.25, -0.2) is 15.0 Å². The zero-order valence-electron chi connectivity index (χ0n) is 14.2. The molecule has 24 heavy (non-hydrogen) atoms. The van der Waals surface area contributed by atoms with Gasteiger partial charge in [-0.2, -0.15) is 0 Å². The van der Waals surface area contributed by atoms with Crippen LogP contribution in [-0.4, -0.2) is 47.2 Å². The summed E-state index contributed by atoms with van der Waals surface area (Å²) in [7, 11) is 1.65. The number of aryl methyl sites for hydroxylation is 1. The molecule has 0 aromatic carbocycles. The molecule has 4 rings (SSSR count). The summed E-state index contributed by atoms with van der Waals surface area (Å²) in [6.45, 7) is 4.18. The SMILES string of the molecule is COc1cc(N(C2CC2)C2CCN(c3nc(C)cs3)CC2)ncn1. The first-order valence-corrected chi connectivity index (χ1v) is 9.44. The van der Waals surface area contributed by atoms with Crippen LogP contribution in [0.1, 0.15) is 31.4 Å². The van der Waals surface area contributed by atoms with Crippen LogP contribution < -0.4 is 14.5 Å². The molecule has 1 saturated carbocycles. The van der Waals surface area contributed by atoms with Crippen molar-refractivity contribution in [2.24, 2.45) is 0 Å². The first kappa shape index (κ1) is 15.6. The molecule has 2 aromatic rings. The Morgan fingerprint density at radius 3 is 2.54 bits per heavy atom. The molecule has 7 heteroatoms. The minimum Gasteiger partial charge on any atom is -0.481 e. The molecule has 2 aromatic heterocycles. The molecule has 0 amide bonds. The van der Waals surface area contributed by atoms with Crippen molar-refractivity contribution in [1.29, 1.82) is 0 Å². The lowest BCUT2D eigenvalue weighted by Crippen LogP contribution is -2.46. The van der Waals surface area contributed by atoms with Crippen LogP contribution in [0.3, 0.4) is 0 Å². The van der Waals surface area contributed by atoms with E-state index >= 15 is 0 Å². The Kier molecular flexibility index (Phi) is 4.26. The van der Waals surface area contributed by atoms with E-state index < -0.39 is 0 Å². The van der Waals surface area contributed by atoms with Crippen molar-refractivity contribution >= 4 is 22.3 Å². The van der Waals surface area contributed by atoms with E-state index in [1.54, 1.807) is 24.8 Å². The lowest BCUT2D eigenvalue weighted by atomic mass is 10.0. The number of hydrogen-bond acceptors (Lipinski definition) is 7. The Bertz CT molecular complexity index is 694. The third kappa shape index (κ3) is 3.17. The normalized spacial score (nSPS) is 18.7. The molecule has 2 aliphatic rings. The molecule has 0 N–H and O–H groups in total. The summed E-state index contributed by atoms with van der Waals surface area (Å²) in [5.74, 6) is 1.65. The molecule has 0 spiro atoms. The van der Waals surface area contributed by atoms with Crippen molar-refractivity contribution in [1.82, 2.24) is 15.0 Å². The first-order chi connectivity index (χ1) is 11.7. The zero-order chi connectivity index (χ0) is 16.5. The van der Waals surface area contributed by atoms with Crippen molar-refractivity contribution in [2.75, 3.05) is 30.0 Å². The van der Waals surface area contributed by atoms with Gasteiger partial charge in [0.15, 0.2) is 5.13 Å². The summed E-state index contributed by atoms with van der Waals surface area (Å²) in [6, 6.07) is 3.13. The summed E-state index contributed by atoms with van der Waals surface area (Å²) in [6.07, 6.45) is 6.41. The molecule has 128 valence electrons. The number of thiazole rings is 1. The van der Waals surface area contributed by atoms with Gasteiger partial charge in [-0.05, 0) is 32.6 Å². The van der Waals surface area contributed by atoms with E-state index in [-0.39, 0.29) is 0 Å². The second kappa shape index (κ2) is 6.55. The highest BCUT2D eigenvalue weighted by molar-refractivity contribution is 7.13. The zero-order valence-corrected chi connectivity index (χ0v) is 15.0. The highest BCUT2D eigenvalue weighted by Gasteiger charge is 2.37. The number of aromatic nitrogens is 3. The molecular weight excluding hydrogens is 322 g/mol. The highest BCUT2D eigenvalue weighted by Crippen LogP contribution is 2.36. The molecule has 1 aliphatic carbocycles. The molecule has 0 radical (unpaired) electrons. The van der Waals surface area contributed by atoms with Crippen LogP contribution in [-0.2, 0) is 0 Å². The van der Waals surface area contributed by atoms with Crippen molar-refractivity contribution in [2.45, 2.75) is 44.7 Å². The first-order valence-electron chi connectivity index (χ1n) is 8.56. The largest absolute Gasteiger partial charge is 0.481 e. The fraction of sp³-hybridized carbons (Fsp3) is 0.588. The van der Waals surface area contributed by atoms with Gasteiger partial charge in [0.2, 0.25) is 5.88 Å². The van der Waals surface area contributed by atoms with E-state index in [9.17, 15) is 0 Å².